The minimum Gasteiger partial charge on any atom is -0.365 e. The van der Waals surface area contributed by atoms with E-state index < -0.39 is 0 Å². The molecule has 2 rings (SSSR count). The van der Waals surface area contributed by atoms with Crippen LogP contribution in [-0.4, -0.2) is 21.4 Å². The predicted molar refractivity (Wildman–Crippen MR) is 79.8 cm³/mol. The molecule has 1 aromatic heterocycles. The summed E-state index contributed by atoms with van der Waals surface area (Å²) >= 11 is 0. The van der Waals surface area contributed by atoms with Gasteiger partial charge in [0, 0.05) is 17.3 Å². The number of carbonyl (C=O) groups is 1. The molecule has 0 saturated heterocycles. The van der Waals surface area contributed by atoms with Crippen LogP contribution in [0.15, 0.2) is 42.7 Å². The van der Waals surface area contributed by atoms with Crippen LogP contribution in [0.2, 0.25) is 0 Å². The third-order valence-electron chi connectivity index (χ3n) is 2.43. The maximum atomic E-state index is 12.1. The molecule has 0 spiro atoms. The number of aromatic nitrogens is 2. The second kappa shape index (κ2) is 5.69. The van der Waals surface area contributed by atoms with E-state index in [9.17, 15) is 4.79 Å². The van der Waals surface area contributed by atoms with E-state index in [0.29, 0.717) is 11.5 Å². The van der Waals surface area contributed by atoms with Crippen LogP contribution >= 0.6 is 0 Å². The molecule has 0 aliphatic rings. The van der Waals surface area contributed by atoms with Gasteiger partial charge in [-0.25, -0.2) is 9.97 Å². The molecule has 0 radical (unpaired) electrons. The van der Waals surface area contributed by atoms with Crippen molar-refractivity contribution < 1.29 is 4.79 Å². The molecule has 1 aromatic carbocycles. The summed E-state index contributed by atoms with van der Waals surface area (Å²) < 4.78 is 0. The van der Waals surface area contributed by atoms with Crippen molar-refractivity contribution in [3.8, 4) is 0 Å². The second-order valence-electron chi connectivity index (χ2n) is 5.48. The van der Waals surface area contributed by atoms with Crippen molar-refractivity contribution in [1.29, 1.82) is 0 Å². The highest BCUT2D eigenvalue weighted by molar-refractivity contribution is 6.03. The molecule has 1 amide bonds. The molecule has 0 saturated carbocycles. The Morgan fingerprint density at radius 1 is 1.10 bits per heavy atom. The van der Waals surface area contributed by atoms with Gasteiger partial charge in [-0.2, -0.15) is 0 Å². The normalized spacial score (nSPS) is 10.9. The summed E-state index contributed by atoms with van der Waals surface area (Å²) in [5, 5.41) is 6.00. The molecule has 2 aromatic rings. The first-order valence-corrected chi connectivity index (χ1v) is 6.41. The van der Waals surface area contributed by atoms with Crippen molar-refractivity contribution in [3.05, 3.63) is 48.4 Å². The number of nitrogens with one attached hydrogen (secondary N) is 2. The Bertz CT molecular complexity index is 590. The first kappa shape index (κ1) is 14.0. The summed E-state index contributed by atoms with van der Waals surface area (Å²) in [7, 11) is 0. The number of anilines is 2. The number of benzene rings is 1. The van der Waals surface area contributed by atoms with E-state index in [1.165, 1.54) is 6.33 Å². The van der Waals surface area contributed by atoms with E-state index in [1.54, 1.807) is 6.07 Å². The topological polar surface area (TPSA) is 66.9 Å². The number of amides is 1. The molecule has 104 valence electrons. The molecule has 0 aliphatic carbocycles. The highest BCUT2D eigenvalue weighted by Crippen LogP contribution is 2.13. The molecule has 2 N–H and O–H groups in total. The van der Waals surface area contributed by atoms with E-state index in [4.69, 9.17) is 0 Å². The second-order valence-corrected chi connectivity index (χ2v) is 5.48. The SMILES string of the molecule is CC(C)(C)Nc1cc(C(=O)Nc2ccccc2)ncn1. The van der Waals surface area contributed by atoms with Gasteiger partial charge in [0.05, 0.1) is 0 Å². The van der Waals surface area contributed by atoms with E-state index in [2.05, 4.69) is 20.6 Å². The van der Waals surface area contributed by atoms with Crippen LogP contribution in [0.1, 0.15) is 31.3 Å². The summed E-state index contributed by atoms with van der Waals surface area (Å²) in [6.07, 6.45) is 1.38. The van der Waals surface area contributed by atoms with Crippen LogP contribution in [0.4, 0.5) is 11.5 Å². The van der Waals surface area contributed by atoms with Gasteiger partial charge >= 0.3 is 0 Å². The first-order chi connectivity index (χ1) is 9.44. The molecule has 20 heavy (non-hydrogen) atoms. The van der Waals surface area contributed by atoms with Gasteiger partial charge < -0.3 is 10.6 Å². The maximum absolute atomic E-state index is 12.1. The number of hydrogen-bond donors (Lipinski definition) is 2. The van der Waals surface area contributed by atoms with Gasteiger partial charge in [-0.15, -0.1) is 0 Å². The van der Waals surface area contributed by atoms with Crippen molar-refractivity contribution >= 4 is 17.4 Å². The third-order valence-corrected chi connectivity index (χ3v) is 2.43. The van der Waals surface area contributed by atoms with Crippen LogP contribution in [0.25, 0.3) is 0 Å². The van der Waals surface area contributed by atoms with Gasteiger partial charge in [0.2, 0.25) is 0 Å². The van der Waals surface area contributed by atoms with Crippen LogP contribution in [0.3, 0.4) is 0 Å². The lowest BCUT2D eigenvalue weighted by Gasteiger charge is -2.21. The zero-order valence-electron chi connectivity index (χ0n) is 11.8. The first-order valence-electron chi connectivity index (χ1n) is 6.41. The number of hydrogen-bond acceptors (Lipinski definition) is 4. The fourth-order valence-electron chi connectivity index (χ4n) is 1.65. The monoisotopic (exact) mass is 270 g/mol. The molecule has 0 bridgehead atoms. The molecule has 0 aliphatic heterocycles. The fourth-order valence-corrected chi connectivity index (χ4v) is 1.65. The summed E-state index contributed by atoms with van der Waals surface area (Å²) in [5.74, 6) is 0.376. The molecular weight excluding hydrogens is 252 g/mol. The van der Waals surface area contributed by atoms with E-state index in [-0.39, 0.29) is 11.4 Å². The highest BCUT2D eigenvalue weighted by atomic mass is 16.1. The van der Waals surface area contributed by atoms with Crippen LogP contribution in [0, 0.1) is 0 Å². The highest BCUT2D eigenvalue weighted by Gasteiger charge is 2.13. The van der Waals surface area contributed by atoms with E-state index in [0.717, 1.165) is 5.69 Å². The van der Waals surface area contributed by atoms with Gasteiger partial charge in [0.1, 0.15) is 17.8 Å². The minimum atomic E-state index is -0.254. The van der Waals surface area contributed by atoms with Crippen LogP contribution < -0.4 is 10.6 Å². The van der Waals surface area contributed by atoms with Gasteiger partial charge in [-0.05, 0) is 32.9 Å². The number of para-hydroxylation sites is 1. The van der Waals surface area contributed by atoms with Gasteiger partial charge in [-0.1, -0.05) is 18.2 Å². The molecule has 1 heterocycles. The van der Waals surface area contributed by atoms with Crippen LogP contribution in [0.5, 0.6) is 0 Å². The average Bonchev–Trinajstić information content (AvgIpc) is 2.38. The van der Waals surface area contributed by atoms with Gasteiger partial charge in [0.15, 0.2) is 0 Å². The third kappa shape index (κ3) is 4.05. The maximum Gasteiger partial charge on any atom is 0.274 e. The van der Waals surface area contributed by atoms with E-state index >= 15 is 0 Å². The standard InChI is InChI=1S/C15H18N4O/c1-15(2,3)19-13-9-12(16-10-17-13)14(20)18-11-7-5-4-6-8-11/h4-10H,1-3H3,(H,18,20)(H,16,17,19). The molecule has 5 nitrogen and oxygen atoms in total. The Balaban J connectivity index is 2.12. The predicted octanol–water partition coefficient (Wildman–Crippen LogP) is 2.94. The van der Waals surface area contributed by atoms with Crippen molar-refractivity contribution in [1.82, 2.24) is 9.97 Å². The van der Waals surface area contributed by atoms with Gasteiger partial charge in [-0.3, -0.25) is 4.79 Å². The smallest absolute Gasteiger partial charge is 0.274 e. The average molecular weight is 270 g/mol. The zero-order chi connectivity index (χ0) is 14.6. The summed E-state index contributed by atoms with van der Waals surface area (Å²) in [5.41, 5.74) is 0.943. The van der Waals surface area contributed by atoms with Crippen molar-refractivity contribution in [3.63, 3.8) is 0 Å². The Labute approximate surface area is 118 Å². The van der Waals surface area contributed by atoms with Crippen LogP contribution in [-0.2, 0) is 0 Å². The number of carbonyl (C=O) groups excluding carboxylic acids is 1. The van der Waals surface area contributed by atoms with Crippen molar-refractivity contribution in [2.75, 3.05) is 10.6 Å². The molecule has 5 heteroatoms. The number of nitrogens with zero attached hydrogens (tertiary/aromatic N) is 2. The molecule has 0 atom stereocenters. The molecule has 0 unspecified atom stereocenters. The summed E-state index contributed by atoms with van der Waals surface area (Å²) in [6, 6.07) is 10.9. The molecular formula is C15H18N4O. The summed E-state index contributed by atoms with van der Waals surface area (Å²) in [4.78, 5) is 20.2. The Kier molecular flexibility index (Phi) is 3.98. The molecule has 0 fully saturated rings. The van der Waals surface area contributed by atoms with Crippen molar-refractivity contribution in [2.45, 2.75) is 26.3 Å². The van der Waals surface area contributed by atoms with E-state index in [1.807, 2.05) is 51.1 Å². The Hall–Kier alpha value is -2.43. The Morgan fingerprint density at radius 2 is 1.80 bits per heavy atom. The lowest BCUT2D eigenvalue weighted by Crippen LogP contribution is -2.27. The Morgan fingerprint density at radius 3 is 2.45 bits per heavy atom. The zero-order valence-corrected chi connectivity index (χ0v) is 11.8. The summed E-state index contributed by atoms with van der Waals surface area (Å²) in [6.45, 7) is 6.08. The largest absolute Gasteiger partial charge is 0.365 e. The lowest BCUT2D eigenvalue weighted by molar-refractivity contribution is 0.102. The minimum absolute atomic E-state index is 0.123. The van der Waals surface area contributed by atoms with Crippen molar-refractivity contribution in [2.24, 2.45) is 0 Å². The lowest BCUT2D eigenvalue weighted by atomic mass is 10.1. The number of rotatable bonds is 3. The quantitative estimate of drug-likeness (QED) is 0.900. The fraction of sp³-hybridized carbons (Fsp3) is 0.267. The van der Waals surface area contributed by atoms with Gasteiger partial charge in [0.25, 0.3) is 5.91 Å².